The average Bonchev–Trinajstić information content (AvgIpc) is 2.37. The van der Waals surface area contributed by atoms with Crippen molar-refractivity contribution >= 4 is 23.9 Å². The fraction of sp³-hybridized carbons (Fsp3) is 0.500. The number of carboxylic acid groups (broad SMARTS) is 4. The zero-order valence-corrected chi connectivity index (χ0v) is 11.4. The van der Waals surface area contributed by atoms with Gasteiger partial charge in [0.1, 0.15) is 0 Å². The van der Waals surface area contributed by atoms with Crippen molar-refractivity contribution in [2.75, 3.05) is 0 Å². The quantitative estimate of drug-likeness (QED) is 0.402. The molecule has 0 aliphatic carbocycles. The van der Waals surface area contributed by atoms with Crippen LogP contribution in [0.1, 0.15) is 0 Å². The Labute approximate surface area is 134 Å². The van der Waals surface area contributed by atoms with Gasteiger partial charge in [0.05, 0.1) is 0 Å². The van der Waals surface area contributed by atoms with Crippen molar-refractivity contribution in [3.8, 4) is 0 Å². The molecule has 0 saturated carbocycles. The number of carboxylic acids is 4. The summed E-state index contributed by atoms with van der Waals surface area (Å²) in [7, 11) is 0. The molecule has 0 aromatic rings. The first-order valence-electron chi connectivity index (χ1n) is 4.72. The SMILES string of the molecule is O.O.O=C(O)C(F)(F)C(F)(F)C(=O)O.O=C(O)C(F)(F)C(F)(F)C(=O)O. The van der Waals surface area contributed by atoms with Crippen molar-refractivity contribution in [2.45, 2.75) is 23.7 Å². The molecule has 0 amide bonds. The van der Waals surface area contributed by atoms with Gasteiger partial charge in [0.15, 0.2) is 0 Å². The molecule has 0 saturated heterocycles. The topological polar surface area (TPSA) is 212 Å². The van der Waals surface area contributed by atoms with Gasteiger partial charge in [-0.25, -0.2) is 19.2 Å². The molecular formula is C8H8F8O10. The predicted octanol–water partition coefficient (Wildman–Crippen LogP) is -0.797. The molecule has 0 spiro atoms. The van der Waals surface area contributed by atoms with Crippen LogP contribution >= 0.6 is 0 Å². The van der Waals surface area contributed by atoms with Crippen molar-refractivity contribution < 1.29 is 85.7 Å². The van der Waals surface area contributed by atoms with Crippen LogP contribution in [0.2, 0.25) is 0 Å². The maximum Gasteiger partial charge on any atom is 0.415 e. The molecule has 0 bridgehead atoms. The predicted molar refractivity (Wildman–Crippen MR) is 57.6 cm³/mol. The minimum Gasteiger partial charge on any atom is -0.477 e. The number of hydrogen-bond acceptors (Lipinski definition) is 4. The molecule has 0 atom stereocenters. The lowest BCUT2D eigenvalue weighted by Gasteiger charge is -2.17. The van der Waals surface area contributed by atoms with Gasteiger partial charge in [-0.15, -0.1) is 0 Å². The van der Waals surface area contributed by atoms with Crippen molar-refractivity contribution in [2.24, 2.45) is 0 Å². The minimum atomic E-state index is -5.60. The zero-order chi connectivity index (χ0) is 20.3. The highest BCUT2D eigenvalue weighted by Crippen LogP contribution is 2.35. The highest BCUT2D eigenvalue weighted by atomic mass is 19.3. The number of halogens is 8. The summed E-state index contributed by atoms with van der Waals surface area (Å²) < 4.78 is 94.8. The summed E-state index contributed by atoms with van der Waals surface area (Å²) in [4.78, 5) is 37.9. The standard InChI is InChI=1S/2C4H2F4O4.2H2O/c2*5-3(6,1(9)10)4(7,8)2(11)12;;/h2*(H,9,10)(H,11,12);2*1H2. The third-order valence-corrected chi connectivity index (χ3v) is 1.86. The van der Waals surface area contributed by atoms with E-state index in [1.807, 2.05) is 0 Å². The average molecular weight is 416 g/mol. The Morgan fingerprint density at radius 2 is 0.500 bits per heavy atom. The first kappa shape index (κ1) is 31.1. The monoisotopic (exact) mass is 416 g/mol. The maximum absolute atomic E-state index is 11.8. The summed E-state index contributed by atoms with van der Waals surface area (Å²) in [6.07, 6.45) is 0. The van der Waals surface area contributed by atoms with Crippen molar-refractivity contribution in [1.29, 1.82) is 0 Å². The molecule has 0 aromatic heterocycles. The molecule has 0 radical (unpaired) electrons. The van der Waals surface area contributed by atoms with Crippen molar-refractivity contribution in [1.82, 2.24) is 0 Å². The highest BCUT2D eigenvalue weighted by molar-refractivity contribution is 5.88. The number of rotatable bonds is 6. The second-order valence-corrected chi connectivity index (χ2v) is 3.52. The van der Waals surface area contributed by atoms with Crippen LogP contribution in [0.5, 0.6) is 0 Å². The van der Waals surface area contributed by atoms with Crippen LogP contribution in [-0.2, 0) is 19.2 Å². The molecule has 26 heavy (non-hydrogen) atoms. The first-order chi connectivity index (χ1) is 10.3. The van der Waals surface area contributed by atoms with Gasteiger partial charge in [-0.3, -0.25) is 0 Å². The van der Waals surface area contributed by atoms with E-state index in [0.29, 0.717) is 0 Å². The van der Waals surface area contributed by atoms with Gasteiger partial charge in [-0.1, -0.05) is 0 Å². The lowest BCUT2D eigenvalue weighted by atomic mass is 10.2. The summed E-state index contributed by atoms with van der Waals surface area (Å²) in [5, 5.41) is 30.1. The van der Waals surface area contributed by atoms with E-state index in [4.69, 9.17) is 20.4 Å². The van der Waals surface area contributed by atoms with Crippen LogP contribution in [0.3, 0.4) is 0 Å². The zero-order valence-electron chi connectivity index (χ0n) is 11.4. The molecule has 0 aliphatic rings. The van der Waals surface area contributed by atoms with E-state index < -0.39 is 47.6 Å². The van der Waals surface area contributed by atoms with E-state index in [2.05, 4.69) is 0 Å². The number of carbonyl (C=O) groups is 4. The van der Waals surface area contributed by atoms with Crippen LogP contribution in [0.25, 0.3) is 0 Å². The van der Waals surface area contributed by atoms with Crippen LogP contribution in [0, 0.1) is 0 Å². The molecule has 10 nitrogen and oxygen atoms in total. The molecule has 18 heteroatoms. The summed E-state index contributed by atoms with van der Waals surface area (Å²) in [5.41, 5.74) is 0. The minimum absolute atomic E-state index is 0. The Morgan fingerprint density at radius 3 is 0.538 bits per heavy atom. The smallest absolute Gasteiger partial charge is 0.415 e. The van der Waals surface area contributed by atoms with Gasteiger partial charge >= 0.3 is 47.6 Å². The van der Waals surface area contributed by atoms with Crippen LogP contribution in [0.4, 0.5) is 35.1 Å². The third kappa shape index (κ3) is 5.65. The molecule has 0 rings (SSSR count). The second kappa shape index (κ2) is 9.08. The first-order valence-corrected chi connectivity index (χ1v) is 4.72. The molecular weight excluding hydrogens is 408 g/mol. The fourth-order valence-corrected chi connectivity index (χ4v) is 0.537. The van der Waals surface area contributed by atoms with Gasteiger partial charge in [0, 0.05) is 0 Å². The Morgan fingerprint density at radius 1 is 0.423 bits per heavy atom. The molecule has 0 unspecified atom stereocenters. The van der Waals surface area contributed by atoms with E-state index in [0.717, 1.165) is 0 Å². The van der Waals surface area contributed by atoms with E-state index in [1.54, 1.807) is 0 Å². The van der Waals surface area contributed by atoms with E-state index in [9.17, 15) is 54.3 Å². The van der Waals surface area contributed by atoms with Crippen LogP contribution < -0.4 is 0 Å². The van der Waals surface area contributed by atoms with Gasteiger partial charge in [-0.2, -0.15) is 35.1 Å². The summed E-state index contributed by atoms with van der Waals surface area (Å²) in [6, 6.07) is 0. The van der Waals surface area contributed by atoms with E-state index in [-0.39, 0.29) is 11.0 Å². The van der Waals surface area contributed by atoms with Crippen molar-refractivity contribution in [3.63, 3.8) is 0 Å². The molecule has 156 valence electrons. The molecule has 0 aromatic carbocycles. The van der Waals surface area contributed by atoms with Crippen LogP contribution in [0.15, 0.2) is 0 Å². The van der Waals surface area contributed by atoms with Gasteiger partial charge in [0.25, 0.3) is 0 Å². The van der Waals surface area contributed by atoms with Crippen molar-refractivity contribution in [3.05, 3.63) is 0 Å². The van der Waals surface area contributed by atoms with Gasteiger partial charge < -0.3 is 31.4 Å². The van der Waals surface area contributed by atoms with Crippen LogP contribution in [-0.4, -0.2) is 78.9 Å². The Bertz CT molecular complexity index is 449. The highest BCUT2D eigenvalue weighted by Gasteiger charge is 2.68. The lowest BCUT2D eigenvalue weighted by molar-refractivity contribution is -0.231. The molecule has 0 aliphatic heterocycles. The van der Waals surface area contributed by atoms with E-state index >= 15 is 0 Å². The van der Waals surface area contributed by atoms with E-state index in [1.165, 1.54) is 0 Å². The fourth-order valence-electron chi connectivity index (χ4n) is 0.537. The normalized spacial score (nSPS) is 11.7. The lowest BCUT2D eigenvalue weighted by Crippen LogP contribution is -2.52. The summed E-state index contributed by atoms with van der Waals surface area (Å²) in [6.45, 7) is 0. The Balaban J connectivity index is -0.000000173. The number of alkyl halides is 8. The summed E-state index contributed by atoms with van der Waals surface area (Å²) in [5.74, 6) is -35.1. The maximum atomic E-state index is 11.8. The van der Waals surface area contributed by atoms with Gasteiger partial charge in [-0.05, 0) is 0 Å². The Hall–Kier alpha value is -2.76. The van der Waals surface area contributed by atoms with Gasteiger partial charge in [0.2, 0.25) is 0 Å². The third-order valence-electron chi connectivity index (χ3n) is 1.86. The summed E-state index contributed by atoms with van der Waals surface area (Å²) >= 11 is 0. The molecule has 8 N–H and O–H groups in total. The second-order valence-electron chi connectivity index (χ2n) is 3.52. The largest absolute Gasteiger partial charge is 0.477 e. The molecule has 0 fully saturated rings. The Kier molecular flexibility index (Phi) is 10.8. The number of hydrogen-bond donors (Lipinski definition) is 4. The number of aliphatic carboxylic acids is 4. The molecule has 0 heterocycles.